The normalized spacial score (nSPS) is 52.9. The van der Waals surface area contributed by atoms with Crippen molar-refractivity contribution in [3.8, 4) is 0 Å². The third-order valence-corrected chi connectivity index (χ3v) is 5.55. The third kappa shape index (κ3) is 2.47. The summed E-state index contributed by atoms with van der Waals surface area (Å²) in [6.07, 6.45) is -8.06. The smallest absolute Gasteiger partial charge is 0.207 e. The van der Waals surface area contributed by atoms with E-state index in [4.69, 9.17) is 24.4 Å². The number of aliphatic hydroxyl groups is 6. The van der Waals surface area contributed by atoms with E-state index >= 15 is 0 Å². The van der Waals surface area contributed by atoms with E-state index in [1.807, 2.05) is 0 Å². The number of thioether (sulfide) groups is 1. The molecule has 3 saturated heterocycles. The van der Waals surface area contributed by atoms with Crippen LogP contribution in [0.5, 0.6) is 0 Å². The van der Waals surface area contributed by atoms with E-state index in [0.717, 1.165) is 0 Å². The van der Waals surface area contributed by atoms with Crippen molar-refractivity contribution in [2.75, 3.05) is 19.0 Å². The van der Waals surface area contributed by atoms with Gasteiger partial charge in [-0.2, -0.15) is 0 Å². The summed E-state index contributed by atoms with van der Waals surface area (Å²) >= 11 is 1.21. The molecule has 0 bridgehead atoms. The van der Waals surface area contributed by atoms with Gasteiger partial charge in [-0.15, -0.1) is 11.8 Å². The zero-order valence-corrected chi connectivity index (χ0v) is 12.4. The summed E-state index contributed by atoms with van der Waals surface area (Å²) < 4.78 is 16.6. The predicted octanol–water partition coefficient (Wildman–Crippen LogP) is -3.63. The van der Waals surface area contributed by atoms with Crippen LogP contribution in [0.4, 0.5) is 0 Å². The summed E-state index contributed by atoms with van der Waals surface area (Å²) in [5.74, 6) is -1.43. The highest BCUT2D eigenvalue weighted by molar-refractivity contribution is 7.99. The van der Waals surface area contributed by atoms with Crippen molar-refractivity contribution < 1.29 is 44.8 Å². The van der Waals surface area contributed by atoms with Crippen molar-refractivity contribution in [2.24, 2.45) is 0 Å². The van der Waals surface area contributed by atoms with Gasteiger partial charge in [-0.05, 0) is 0 Å². The molecule has 0 saturated carbocycles. The van der Waals surface area contributed by atoms with E-state index in [-0.39, 0.29) is 5.75 Å². The van der Waals surface area contributed by atoms with Gasteiger partial charge in [0.15, 0.2) is 0 Å². The summed E-state index contributed by atoms with van der Waals surface area (Å²) in [5.41, 5.74) is -0.590. The highest BCUT2D eigenvalue weighted by Gasteiger charge is 2.62. The molecule has 3 aliphatic rings. The minimum Gasteiger partial charge on any atom is -0.394 e. The van der Waals surface area contributed by atoms with Gasteiger partial charge in [0.2, 0.25) is 5.79 Å². The van der Waals surface area contributed by atoms with E-state index in [1.54, 1.807) is 0 Å². The second kappa shape index (κ2) is 6.13. The lowest BCUT2D eigenvalue weighted by atomic mass is 10.0. The van der Waals surface area contributed by atoms with Gasteiger partial charge in [0, 0.05) is 0 Å². The molecule has 22 heavy (non-hydrogen) atoms. The Labute approximate surface area is 130 Å². The molecule has 1 spiro atoms. The van der Waals surface area contributed by atoms with Crippen LogP contribution in [-0.4, -0.2) is 104 Å². The fourth-order valence-corrected chi connectivity index (χ4v) is 4.34. The quantitative estimate of drug-likeness (QED) is 0.304. The molecule has 0 radical (unpaired) electrons. The van der Waals surface area contributed by atoms with Crippen LogP contribution >= 0.6 is 11.8 Å². The molecule has 3 rings (SSSR count). The van der Waals surface area contributed by atoms with E-state index in [9.17, 15) is 20.4 Å². The lowest BCUT2D eigenvalue weighted by Gasteiger charge is -2.40. The molecule has 0 aromatic heterocycles. The van der Waals surface area contributed by atoms with Crippen LogP contribution in [0.25, 0.3) is 0 Å². The van der Waals surface area contributed by atoms with Crippen LogP contribution in [0.3, 0.4) is 0 Å². The maximum atomic E-state index is 10.2. The standard InChI is InChI=1S/C12H20O9S/c13-1-4(15)8-7(17)9-11(19-8)22-3-12(21-9)10(18)6(16)5(2-14)20-12/h4-11,13-18H,1-3H2/t4-,5-,6-,7+,8-,9-,10+,11+,12-/m1/s1. The van der Waals surface area contributed by atoms with Gasteiger partial charge in [0.05, 0.1) is 19.0 Å². The number of fused-ring (bicyclic) bond motifs is 1. The zero-order valence-electron chi connectivity index (χ0n) is 11.6. The number of rotatable bonds is 3. The number of hydrogen-bond donors (Lipinski definition) is 6. The molecule has 0 aromatic rings. The van der Waals surface area contributed by atoms with Crippen LogP contribution < -0.4 is 0 Å². The van der Waals surface area contributed by atoms with Gasteiger partial charge in [0.1, 0.15) is 48.2 Å². The van der Waals surface area contributed by atoms with Crippen LogP contribution in [0.15, 0.2) is 0 Å². The molecule has 9 nitrogen and oxygen atoms in total. The van der Waals surface area contributed by atoms with Crippen LogP contribution in [0, 0.1) is 0 Å². The largest absolute Gasteiger partial charge is 0.394 e. The Kier molecular flexibility index (Phi) is 4.69. The fraction of sp³-hybridized carbons (Fsp3) is 1.00. The van der Waals surface area contributed by atoms with E-state index in [0.29, 0.717) is 0 Å². The monoisotopic (exact) mass is 340 g/mol. The third-order valence-electron chi connectivity index (χ3n) is 4.27. The molecule has 6 N–H and O–H groups in total. The van der Waals surface area contributed by atoms with E-state index in [2.05, 4.69) is 0 Å². The SMILES string of the molecule is OC[C@@H](O)[C@H]1O[C@H]2SC[C@]3(O[C@@H]2[C@H]1O)O[C@H](CO)[C@@H](O)[C@@H]3O. The molecule has 128 valence electrons. The van der Waals surface area contributed by atoms with E-state index < -0.39 is 67.2 Å². The van der Waals surface area contributed by atoms with Crippen molar-refractivity contribution >= 4 is 11.8 Å². The van der Waals surface area contributed by atoms with Gasteiger partial charge in [-0.3, -0.25) is 0 Å². The molecular formula is C12H20O9S. The van der Waals surface area contributed by atoms with Gasteiger partial charge in [-0.25, -0.2) is 0 Å². The maximum Gasteiger partial charge on any atom is 0.207 e. The first-order valence-corrected chi connectivity index (χ1v) is 8.05. The fourth-order valence-electron chi connectivity index (χ4n) is 3.03. The molecule has 0 unspecified atom stereocenters. The van der Waals surface area contributed by atoms with Crippen LogP contribution in [0.1, 0.15) is 0 Å². The zero-order chi connectivity index (χ0) is 16.1. The summed E-state index contributed by atoms with van der Waals surface area (Å²) in [6, 6.07) is 0. The van der Waals surface area contributed by atoms with Crippen LogP contribution in [-0.2, 0) is 14.2 Å². The Bertz CT molecular complexity index is 412. The molecule has 3 aliphatic heterocycles. The Morgan fingerprint density at radius 1 is 1.14 bits per heavy atom. The lowest BCUT2D eigenvalue weighted by Crippen LogP contribution is -2.56. The molecular weight excluding hydrogens is 320 g/mol. The van der Waals surface area contributed by atoms with Gasteiger partial charge >= 0.3 is 0 Å². The topological polar surface area (TPSA) is 149 Å². The molecule has 9 atom stereocenters. The van der Waals surface area contributed by atoms with Gasteiger partial charge < -0.3 is 44.8 Å². The molecule has 0 aromatic carbocycles. The first-order valence-electron chi connectivity index (χ1n) is 7.00. The molecule has 0 amide bonds. The predicted molar refractivity (Wildman–Crippen MR) is 71.8 cm³/mol. The summed E-state index contributed by atoms with van der Waals surface area (Å²) in [7, 11) is 0. The number of ether oxygens (including phenoxy) is 3. The highest BCUT2D eigenvalue weighted by atomic mass is 32.2. The second-order valence-corrected chi connectivity index (χ2v) is 6.78. The van der Waals surface area contributed by atoms with Gasteiger partial charge in [-0.1, -0.05) is 0 Å². The first-order chi connectivity index (χ1) is 10.4. The molecule has 3 fully saturated rings. The average Bonchev–Trinajstić information content (AvgIpc) is 2.97. The minimum atomic E-state index is -1.55. The Balaban J connectivity index is 1.76. The van der Waals surface area contributed by atoms with Crippen LogP contribution in [0.2, 0.25) is 0 Å². The number of hydrogen-bond acceptors (Lipinski definition) is 10. The second-order valence-electron chi connectivity index (χ2n) is 5.69. The average molecular weight is 340 g/mol. The van der Waals surface area contributed by atoms with Gasteiger partial charge in [0.25, 0.3) is 0 Å². The van der Waals surface area contributed by atoms with E-state index in [1.165, 1.54) is 11.8 Å². The summed E-state index contributed by atoms with van der Waals surface area (Å²) in [6.45, 7) is -1.05. The molecule has 0 aliphatic carbocycles. The maximum absolute atomic E-state index is 10.2. The van der Waals surface area contributed by atoms with Crippen molar-refractivity contribution in [1.82, 2.24) is 0 Å². The Hall–Kier alpha value is -0.0100. The van der Waals surface area contributed by atoms with Crippen molar-refractivity contribution in [3.05, 3.63) is 0 Å². The lowest BCUT2D eigenvalue weighted by molar-refractivity contribution is -0.280. The molecule has 3 heterocycles. The molecule has 10 heteroatoms. The summed E-state index contributed by atoms with van der Waals surface area (Å²) in [5, 5.41) is 58.0. The highest BCUT2D eigenvalue weighted by Crippen LogP contribution is 2.46. The number of aliphatic hydroxyl groups excluding tert-OH is 6. The minimum absolute atomic E-state index is 0.123. The first kappa shape index (κ1) is 16.8. The Morgan fingerprint density at radius 3 is 2.45 bits per heavy atom. The Morgan fingerprint density at radius 2 is 1.86 bits per heavy atom. The van der Waals surface area contributed by atoms with Crippen molar-refractivity contribution in [3.63, 3.8) is 0 Å². The summed E-state index contributed by atoms with van der Waals surface area (Å²) in [4.78, 5) is 0. The van der Waals surface area contributed by atoms with Crippen molar-refractivity contribution in [1.29, 1.82) is 0 Å². The van der Waals surface area contributed by atoms with Crippen molar-refractivity contribution in [2.45, 2.75) is 54.0 Å².